The van der Waals surface area contributed by atoms with Gasteiger partial charge >= 0.3 is 0 Å². The summed E-state index contributed by atoms with van der Waals surface area (Å²) >= 11 is 0. The van der Waals surface area contributed by atoms with Crippen molar-refractivity contribution in [2.75, 3.05) is 0 Å². The van der Waals surface area contributed by atoms with E-state index in [-0.39, 0.29) is 11.4 Å². The Morgan fingerprint density at radius 1 is 0.870 bits per heavy atom. The van der Waals surface area contributed by atoms with Crippen LogP contribution in [0.4, 0.5) is 11.4 Å². The molecule has 23 heavy (non-hydrogen) atoms. The van der Waals surface area contributed by atoms with Crippen molar-refractivity contribution in [2.45, 2.75) is 4.90 Å². The minimum Gasteiger partial charge on any atom is -0.505 e. The lowest BCUT2D eigenvalue weighted by Gasteiger charge is -2.08. The zero-order chi connectivity index (χ0) is 16.4. The maximum absolute atomic E-state index is 11.6. The lowest BCUT2D eigenvalue weighted by atomic mass is 10.1. The molecule has 0 aliphatic heterocycles. The van der Waals surface area contributed by atoms with E-state index in [1.54, 1.807) is 54.6 Å². The van der Waals surface area contributed by atoms with Crippen LogP contribution < -0.4 is 0 Å². The van der Waals surface area contributed by atoms with Gasteiger partial charge in [0.2, 0.25) is 0 Å². The van der Waals surface area contributed by atoms with Gasteiger partial charge in [-0.2, -0.15) is 13.5 Å². The summed E-state index contributed by atoms with van der Waals surface area (Å²) in [5.41, 5.74) is 0.191. The Kier molecular flexibility index (Phi) is 3.81. The molecule has 0 fully saturated rings. The van der Waals surface area contributed by atoms with E-state index in [0.29, 0.717) is 16.5 Å². The average Bonchev–Trinajstić information content (AvgIpc) is 2.54. The van der Waals surface area contributed by atoms with Crippen LogP contribution >= 0.6 is 0 Å². The first-order chi connectivity index (χ1) is 11.0. The predicted molar refractivity (Wildman–Crippen MR) is 86.0 cm³/mol. The zero-order valence-electron chi connectivity index (χ0n) is 11.8. The summed E-state index contributed by atoms with van der Waals surface area (Å²) in [4.78, 5) is -0.492. The predicted octanol–water partition coefficient (Wildman–Crippen LogP) is 4.21. The number of hydrogen-bond acceptors (Lipinski definition) is 5. The SMILES string of the molecule is O=S(=O)(O)c1cc2ccccc2c(O)c1N=Nc1ccccc1. The number of hydrogen-bond donors (Lipinski definition) is 2. The van der Waals surface area contributed by atoms with Gasteiger partial charge in [-0.3, -0.25) is 4.55 Å². The number of phenols is 1. The fourth-order valence-electron chi connectivity index (χ4n) is 2.19. The van der Waals surface area contributed by atoms with Crippen LogP contribution in [0.1, 0.15) is 0 Å². The van der Waals surface area contributed by atoms with Crippen molar-refractivity contribution >= 4 is 32.3 Å². The summed E-state index contributed by atoms with van der Waals surface area (Å²) in [6.07, 6.45) is 0. The molecule has 0 saturated heterocycles. The van der Waals surface area contributed by atoms with Crippen molar-refractivity contribution in [1.82, 2.24) is 0 Å². The molecule has 116 valence electrons. The highest BCUT2D eigenvalue weighted by Gasteiger charge is 2.21. The fourth-order valence-corrected chi connectivity index (χ4v) is 2.85. The monoisotopic (exact) mass is 328 g/mol. The van der Waals surface area contributed by atoms with E-state index < -0.39 is 15.0 Å². The number of aromatic hydroxyl groups is 1. The fraction of sp³-hybridized carbons (Fsp3) is 0. The maximum atomic E-state index is 11.6. The minimum absolute atomic E-state index is 0.296. The van der Waals surface area contributed by atoms with Gasteiger partial charge in [0.15, 0.2) is 5.75 Å². The number of azo groups is 1. The van der Waals surface area contributed by atoms with Gasteiger partial charge in [0.25, 0.3) is 10.1 Å². The molecule has 6 nitrogen and oxygen atoms in total. The first-order valence-electron chi connectivity index (χ1n) is 6.66. The van der Waals surface area contributed by atoms with E-state index in [4.69, 9.17) is 0 Å². The molecule has 0 amide bonds. The van der Waals surface area contributed by atoms with Crippen molar-refractivity contribution < 1.29 is 18.1 Å². The summed E-state index contributed by atoms with van der Waals surface area (Å²) in [7, 11) is -4.57. The standard InChI is InChI=1S/C16H12N2O4S/c19-16-13-9-5-4-6-11(13)10-14(23(20,21)22)15(16)18-17-12-7-2-1-3-8-12/h1-10,19H,(H,20,21,22). The number of fused-ring (bicyclic) bond motifs is 1. The summed E-state index contributed by atoms with van der Waals surface area (Å²) < 4.78 is 32.6. The van der Waals surface area contributed by atoms with Gasteiger partial charge in [0.05, 0.1) is 5.69 Å². The molecule has 3 aromatic carbocycles. The van der Waals surface area contributed by atoms with E-state index >= 15 is 0 Å². The number of rotatable bonds is 3. The van der Waals surface area contributed by atoms with E-state index in [0.717, 1.165) is 0 Å². The highest BCUT2D eigenvalue weighted by atomic mass is 32.2. The van der Waals surface area contributed by atoms with E-state index in [9.17, 15) is 18.1 Å². The molecule has 0 aromatic heterocycles. The van der Waals surface area contributed by atoms with Crippen LogP contribution in [0, 0.1) is 0 Å². The first kappa shape index (κ1) is 15.1. The van der Waals surface area contributed by atoms with Gasteiger partial charge in [-0.05, 0) is 23.6 Å². The minimum atomic E-state index is -4.57. The summed E-state index contributed by atoms with van der Waals surface area (Å²) in [5, 5.41) is 19.0. The highest BCUT2D eigenvalue weighted by Crippen LogP contribution is 2.41. The Labute approximate surface area is 132 Å². The Balaban J connectivity index is 2.25. The molecule has 0 atom stereocenters. The molecular weight excluding hydrogens is 316 g/mol. The van der Waals surface area contributed by atoms with Crippen LogP contribution in [-0.4, -0.2) is 18.1 Å². The number of benzene rings is 3. The normalized spacial score (nSPS) is 12.0. The second-order valence-electron chi connectivity index (χ2n) is 4.80. The highest BCUT2D eigenvalue weighted by molar-refractivity contribution is 7.86. The van der Waals surface area contributed by atoms with Crippen molar-refractivity contribution in [1.29, 1.82) is 0 Å². The number of phenolic OH excluding ortho intramolecular Hbond substituents is 1. The van der Waals surface area contributed by atoms with E-state index in [1.807, 2.05) is 0 Å². The van der Waals surface area contributed by atoms with Crippen molar-refractivity contribution in [3.63, 3.8) is 0 Å². The molecule has 0 unspecified atom stereocenters. The summed E-state index contributed by atoms with van der Waals surface area (Å²) in [6.45, 7) is 0. The topological polar surface area (TPSA) is 99.3 Å². The van der Waals surface area contributed by atoms with Crippen LogP contribution in [-0.2, 0) is 10.1 Å². The Morgan fingerprint density at radius 3 is 2.22 bits per heavy atom. The molecule has 2 N–H and O–H groups in total. The van der Waals surface area contributed by atoms with Gasteiger partial charge in [0, 0.05) is 5.39 Å². The average molecular weight is 328 g/mol. The van der Waals surface area contributed by atoms with Gasteiger partial charge in [-0.1, -0.05) is 42.5 Å². The summed E-state index contributed by atoms with van der Waals surface area (Å²) in [5.74, 6) is -0.351. The van der Waals surface area contributed by atoms with Crippen LogP contribution in [0.25, 0.3) is 10.8 Å². The molecule has 0 spiro atoms. The molecular formula is C16H12N2O4S. The van der Waals surface area contributed by atoms with E-state index in [2.05, 4.69) is 10.2 Å². The summed E-state index contributed by atoms with van der Waals surface area (Å²) in [6, 6.07) is 16.6. The van der Waals surface area contributed by atoms with Crippen LogP contribution in [0.15, 0.2) is 75.8 Å². The lowest BCUT2D eigenvalue weighted by molar-refractivity contribution is 0.472. The molecule has 0 heterocycles. The van der Waals surface area contributed by atoms with Gasteiger partial charge in [-0.25, -0.2) is 0 Å². The van der Waals surface area contributed by atoms with Crippen LogP contribution in [0.5, 0.6) is 5.75 Å². The second kappa shape index (κ2) is 5.79. The molecule has 0 aliphatic rings. The van der Waals surface area contributed by atoms with Crippen LogP contribution in [0.2, 0.25) is 0 Å². The molecule has 0 aliphatic carbocycles. The first-order valence-corrected chi connectivity index (χ1v) is 8.10. The zero-order valence-corrected chi connectivity index (χ0v) is 12.6. The van der Waals surface area contributed by atoms with Crippen molar-refractivity contribution in [2.24, 2.45) is 10.2 Å². The van der Waals surface area contributed by atoms with Gasteiger partial charge in [0.1, 0.15) is 10.6 Å². The quantitative estimate of drug-likeness (QED) is 0.555. The third kappa shape index (κ3) is 3.05. The van der Waals surface area contributed by atoms with Gasteiger partial charge < -0.3 is 5.11 Å². The van der Waals surface area contributed by atoms with E-state index in [1.165, 1.54) is 6.07 Å². The lowest BCUT2D eigenvalue weighted by Crippen LogP contribution is -1.99. The Hall–Kier alpha value is -2.77. The molecule has 0 radical (unpaired) electrons. The third-order valence-electron chi connectivity index (χ3n) is 3.26. The maximum Gasteiger partial charge on any atom is 0.296 e. The Morgan fingerprint density at radius 2 is 1.52 bits per heavy atom. The van der Waals surface area contributed by atoms with Crippen LogP contribution in [0.3, 0.4) is 0 Å². The molecule has 3 aromatic rings. The molecule has 0 saturated carbocycles. The third-order valence-corrected chi connectivity index (χ3v) is 4.13. The van der Waals surface area contributed by atoms with Crippen molar-refractivity contribution in [3.8, 4) is 5.75 Å². The molecule has 0 bridgehead atoms. The second-order valence-corrected chi connectivity index (χ2v) is 6.19. The molecule has 7 heteroatoms. The van der Waals surface area contributed by atoms with Crippen molar-refractivity contribution in [3.05, 3.63) is 60.7 Å². The number of nitrogens with zero attached hydrogens (tertiary/aromatic N) is 2. The molecule has 3 rings (SSSR count). The smallest absolute Gasteiger partial charge is 0.296 e. The van der Waals surface area contributed by atoms with Gasteiger partial charge in [-0.15, -0.1) is 5.11 Å². The Bertz CT molecular complexity index is 999. The largest absolute Gasteiger partial charge is 0.505 e.